The highest BCUT2D eigenvalue weighted by Crippen LogP contribution is 2.32. The molecule has 0 amide bonds. The Balaban J connectivity index is 1.82. The number of halogens is 1. The first-order chi connectivity index (χ1) is 14.0. The Morgan fingerprint density at radius 2 is 1.66 bits per heavy atom. The van der Waals surface area contributed by atoms with Gasteiger partial charge in [0, 0.05) is 16.1 Å². The molecule has 4 nitrogen and oxygen atoms in total. The average molecular weight is 405 g/mol. The average Bonchev–Trinajstić information content (AvgIpc) is 2.75. The topological polar surface area (TPSA) is 56.5 Å². The van der Waals surface area contributed by atoms with Gasteiger partial charge in [-0.15, -0.1) is 0 Å². The molecule has 0 atom stereocenters. The summed E-state index contributed by atoms with van der Waals surface area (Å²) in [5, 5.41) is 0.769. The highest BCUT2D eigenvalue weighted by molar-refractivity contribution is 6.32. The number of hydrogen-bond donors (Lipinski definition) is 0. The van der Waals surface area contributed by atoms with Gasteiger partial charge in [0.2, 0.25) is 11.2 Å². The third-order valence-corrected chi connectivity index (χ3v) is 5.02. The standard InChI is InChI=1S/C24H17ClO4/c1-15-12-21-18(13-19(15)25)22(27)24(23(29-21)17-10-6-3-7-11-17)28-14-20(26)16-8-4-2-5-9-16/h2-13H,14H2,1H3. The summed E-state index contributed by atoms with van der Waals surface area (Å²) in [4.78, 5) is 25.6. The van der Waals surface area contributed by atoms with Crippen LogP contribution < -0.4 is 10.2 Å². The number of hydrogen-bond acceptors (Lipinski definition) is 4. The zero-order valence-electron chi connectivity index (χ0n) is 15.6. The first kappa shape index (κ1) is 19.0. The van der Waals surface area contributed by atoms with Crippen molar-refractivity contribution in [2.45, 2.75) is 6.92 Å². The molecule has 0 bridgehead atoms. The number of benzene rings is 3. The van der Waals surface area contributed by atoms with Gasteiger partial charge in [0.05, 0.1) is 5.39 Å². The fraction of sp³-hybridized carbons (Fsp3) is 0.0833. The lowest BCUT2D eigenvalue weighted by Crippen LogP contribution is -2.17. The highest BCUT2D eigenvalue weighted by atomic mass is 35.5. The zero-order valence-corrected chi connectivity index (χ0v) is 16.4. The van der Waals surface area contributed by atoms with Crippen molar-refractivity contribution in [3.8, 4) is 17.1 Å². The number of fused-ring (bicyclic) bond motifs is 1. The van der Waals surface area contributed by atoms with Crippen molar-refractivity contribution in [3.05, 3.63) is 99.2 Å². The van der Waals surface area contributed by atoms with Crippen molar-refractivity contribution in [1.82, 2.24) is 0 Å². The molecule has 4 rings (SSSR count). The van der Waals surface area contributed by atoms with E-state index in [9.17, 15) is 9.59 Å². The second kappa shape index (κ2) is 7.94. The molecule has 0 N–H and O–H groups in total. The van der Waals surface area contributed by atoms with Crippen LogP contribution in [-0.2, 0) is 0 Å². The number of aryl methyl sites for hydroxylation is 1. The first-order valence-electron chi connectivity index (χ1n) is 9.08. The minimum absolute atomic E-state index is 0.00657. The maximum Gasteiger partial charge on any atom is 0.235 e. The Morgan fingerprint density at radius 3 is 2.34 bits per heavy atom. The summed E-state index contributed by atoms with van der Waals surface area (Å²) in [5.74, 6) is 0.0460. The van der Waals surface area contributed by atoms with Crippen LogP contribution >= 0.6 is 11.6 Å². The lowest BCUT2D eigenvalue weighted by Gasteiger charge is -2.12. The molecule has 3 aromatic carbocycles. The third kappa shape index (κ3) is 3.80. The van der Waals surface area contributed by atoms with Crippen LogP contribution in [0.4, 0.5) is 0 Å². The van der Waals surface area contributed by atoms with Crippen LogP contribution in [-0.4, -0.2) is 12.4 Å². The molecular formula is C24H17ClO4. The number of ether oxygens (including phenoxy) is 1. The summed E-state index contributed by atoms with van der Waals surface area (Å²) in [7, 11) is 0. The molecule has 5 heteroatoms. The van der Waals surface area contributed by atoms with Crippen LogP contribution in [0.2, 0.25) is 5.02 Å². The summed E-state index contributed by atoms with van der Waals surface area (Å²) >= 11 is 6.20. The van der Waals surface area contributed by atoms with Gasteiger partial charge in [0.15, 0.2) is 18.2 Å². The molecule has 0 saturated carbocycles. The van der Waals surface area contributed by atoms with E-state index >= 15 is 0 Å². The second-order valence-corrected chi connectivity index (χ2v) is 7.04. The van der Waals surface area contributed by atoms with Crippen LogP contribution in [0, 0.1) is 6.92 Å². The monoisotopic (exact) mass is 404 g/mol. The van der Waals surface area contributed by atoms with Crippen LogP contribution in [0.15, 0.2) is 82.0 Å². The van der Waals surface area contributed by atoms with E-state index in [-0.39, 0.29) is 29.3 Å². The summed E-state index contributed by atoms with van der Waals surface area (Å²) < 4.78 is 11.8. The van der Waals surface area contributed by atoms with Crippen molar-refractivity contribution in [1.29, 1.82) is 0 Å². The Hall–Kier alpha value is -3.37. The molecule has 144 valence electrons. The van der Waals surface area contributed by atoms with E-state index in [0.717, 1.165) is 5.56 Å². The predicted octanol–water partition coefficient (Wildman–Crippen LogP) is 5.68. The van der Waals surface area contributed by atoms with Crippen LogP contribution in [0.25, 0.3) is 22.3 Å². The molecule has 4 aromatic rings. The first-order valence-corrected chi connectivity index (χ1v) is 9.46. The summed E-state index contributed by atoms with van der Waals surface area (Å²) in [6.07, 6.45) is 0. The highest BCUT2D eigenvalue weighted by Gasteiger charge is 2.20. The van der Waals surface area contributed by atoms with Crippen molar-refractivity contribution < 1.29 is 13.9 Å². The minimum atomic E-state index is -0.368. The van der Waals surface area contributed by atoms with E-state index in [2.05, 4.69) is 0 Å². The van der Waals surface area contributed by atoms with E-state index in [1.54, 1.807) is 36.4 Å². The molecule has 0 aliphatic carbocycles. The Labute approximate surface area is 172 Å². The van der Waals surface area contributed by atoms with Gasteiger partial charge < -0.3 is 9.15 Å². The Morgan fingerprint density at radius 1 is 1.00 bits per heavy atom. The molecule has 0 aliphatic rings. The largest absolute Gasteiger partial charge is 0.478 e. The van der Waals surface area contributed by atoms with Crippen molar-refractivity contribution in [2.24, 2.45) is 0 Å². The van der Waals surface area contributed by atoms with Gasteiger partial charge >= 0.3 is 0 Å². The quantitative estimate of drug-likeness (QED) is 0.401. The van der Waals surface area contributed by atoms with Crippen LogP contribution in [0.3, 0.4) is 0 Å². The summed E-state index contributed by atoms with van der Waals surface area (Å²) in [6.45, 7) is 1.56. The molecule has 0 saturated heterocycles. The van der Waals surface area contributed by atoms with Gasteiger partial charge in [-0.25, -0.2) is 0 Å². The number of ketones is 1. The predicted molar refractivity (Wildman–Crippen MR) is 114 cm³/mol. The SMILES string of the molecule is Cc1cc2oc(-c3ccccc3)c(OCC(=O)c3ccccc3)c(=O)c2cc1Cl. The Kier molecular flexibility index (Phi) is 5.19. The fourth-order valence-electron chi connectivity index (χ4n) is 3.05. The van der Waals surface area contributed by atoms with E-state index < -0.39 is 0 Å². The van der Waals surface area contributed by atoms with Gasteiger partial charge in [0.1, 0.15) is 5.58 Å². The zero-order chi connectivity index (χ0) is 20.4. The van der Waals surface area contributed by atoms with E-state index in [1.807, 2.05) is 43.3 Å². The molecule has 0 radical (unpaired) electrons. The molecule has 1 aromatic heterocycles. The number of Topliss-reactive ketones (excluding diaryl/α,β-unsaturated/α-hetero) is 1. The maximum absolute atomic E-state index is 13.2. The van der Waals surface area contributed by atoms with Gasteiger partial charge in [-0.3, -0.25) is 9.59 Å². The molecule has 0 aliphatic heterocycles. The maximum atomic E-state index is 13.2. The van der Waals surface area contributed by atoms with Crippen LogP contribution in [0.5, 0.6) is 5.75 Å². The third-order valence-electron chi connectivity index (χ3n) is 4.61. The molecule has 1 heterocycles. The van der Waals surface area contributed by atoms with E-state index in [1.165, 1.54) is 0 Å². The van der Waals surface area contributed by atoms with Gasteiger partial charge in [-0.1, -0.05) is 72.3 Å². The van der Waals surface area contributed by atoms with E-state index in [4.69, 9.17) is 20.8 Å². The molecule has 0 unspecified atom stereocenters. The number of carbonyl (C=O) groups excluding carboxylic acids is 1. The van der Waals surface area contributed by atoms with Crippen molar-refractivity contribution in [2.75, 3.05) is 6.61 Å². The number of carbonyl (C=O) groups is 1. The molecule has 0 spiro atoms. The van der Waals surface area contributed by atoms with Gasteiger partial charge in [0.25, 0.3) is 0 Å². The van der Waals surface area contributed by atoms with E-state index in [0.29, 0.717) is 27.1 Å². The van der Waals surface area contributed by atoms with Gasteiger partial charge in [-0.05, 0) is 24.6 Å². The summed E-state index contributed by atoms with van der Waals surface area (Å²) in [5.41, 5.74) is 2.04. The lowest BCUT2D eigenvalue weighted by molar-refractivity contribution is 0.0920. The molecular weight excluding hydrogens is 388 g/mol. The Bertz CT molecular complexity index is 1240. The second-order valence-electron chi connectivity index (χ2n) is 6.63. The normalized spacial score (nSPS) is 10.8. The molecule has 0 fully saturated rings. The van der Waals surface area contributed by atoms with Crippen molar-refractivity contribution >= 4 is 28.4 Å². The lowest BCUT2D eigenvalue weighted by atomic mass is 10.1. The molecule has 29 heavy (non-hydrogen) atoms. The minimum Gasteiger partial charge on any atom is -0.478 e. The summed E-state index contributed by atoms with van der Waals surface area (Å²) in [6, 6.07) is 21.3. The van der Waals surface area contributed by atoms with Gasteiger partial charge in [-0.2, -0.15) is 0 Å². The smallest absolute Gasteiger partial charge is 0.235 e. The van der Waals surface area contributed by atoms with Crippen molar-refractivity contribution in [3.63, 3.8) is 0 Å². The fourth-order valence-corrected chi connectivity index (χ4v) is 3.22. The number of rotatable bonds is 5. The van der Waals surface area contributed by atoms with Crippen LogP contribution in [0.1, 0.15) is 15.9 Å².